The molecule has 0 N–H and O–H groups in total. The largest absolute Gasteiger partial charge is 0.495 e. The van der Waals surface area contributed by atoms with Crippen LogP contribution in [0.15, 0.2) is 36.7 Å². The van der Waals surface area contributed by atoms with Crippen LogP contribution in [-0.4, -0.2) is 81.2 Å². The summed E-state index contributed by atoms with van der Waals surface area (Å²) in [7, 11) is 2.78. The Hall–Kier alpha value is -2.49. The van der Waals surface area contributed by atoms with Gasteiger partial charge < -0.3 is 23.7 Å². The number of aromatic nitrogens is 2. The second kappa shape index (κ2) is 11.3. The summed E-state index contributed by atoms with van der Waals surface area (Å²) in [6, 6.07) is 7.87. The van der Waals surface area contributed by atoms with Crippen molar-refractivity contribution in [3.8, 4) is 22.8 Å². The van der Waals surface area contributed by atoms with Crippen molar-refractivity contribution in [1.29, 1.82) is 0 Å². The molecule has 3 aromatic rings. The quantitative estimate of drug-likeness (QED) is 0.312. The van der Waals surface area contributed by atoms with Crippen molar-refractivity contribution in [2.24, 2.45) is 5.92 Å². The van der Waals surface area contributed by atoms with Crippen LogP contribution in [0, 0.1) is 5.92 Å². The number of hydrogen-bond donors (Lipinski definition) is 0. The zero-order chi connectivity index (χ0) is 26.9. The van der Waals surface area contributed by atoms with E-state index in [2.05, 4.69) is 21.9 Å². The zero-order valence-corrected chi connectivity index (χ0v) is 24.0. The summed E-state index contributed by atoms with van der Waals surface area (Å²) in [4.78, 5) is 9.37. The van der Waals surface area contributed by atoms with E-state index in [0.717, 1.165) is 74.3 Å². The summed E-state index contributed by atoms with van der Waals surface area (Å²) in [5.41, 5.74) is 3.54. The molecule has 1 aliphatic carbocycles. The standard InChI is InChI=1S/C28H37ClN4O4S/c1-31(2)10-4-14-37-26-17-27(36-3)24(29)16-23(26)25-18-33-13-9-21(15-28(33)30-25)32-11-7-20(8-12-32)19-38(34,35)22-5-6-22/h9,13,15-18,20,22H,4-8,10-12,14,19H2,1-3H3. The Morgan fingerprint density at radius 2 is 1.87 bits per heavy atom. The van der Waals surface area contributed by atoms with Crippen LogP contribution in [0.1, 0.15) is 32.1 Å². The molecule has 3 heterocycles. The van der Waals surface area contributed by atoms with Crippen LogP contribution in [0.2, 0.25) is 5.02 Å². The van der Waals surface area contributed by atoms with Gasteiger partial charge in [-0.05, 0) is 64.3 Å². The molecule has 0 radical (unpaired) electrons. The van der Waals surface area contributed by atoms with E-state index >= 15 is 0 Å². The Kier molecular flexibility index (Phi) is 8.07. The molecule has 2 fully saturated rings. The fourth-order valence-electron chi connectivity index (χ4n) is 5.12. The summed E-state index contributed by atoms with van der Waals surface area (Å²) in [6.45, 7) is 3.22. The molecule has 1 aromatic carbocycles. The number of fused-ring (bicyclic) bond motifs is 1. The molecule has 0 amide bonds. The number of anilines is 1. The molecule has 1 saturated heterocycles. The topological polar surface area (TPSA) is 76.4 Å². The monoisotopic (exact) mass is 560 g/mol. The normalized spacial score (nSPS) is 16.9. The molecule has 8 nitrogen and oxygen atoms in total. The van der Waals surface area contributed by atoms with Crippen molar-refractivity contribution in [3.63, 3.8) is 0 Å². The Labute approximate surface area is 230 Å². The van der Waals surface area contributed by atoms with Gasteiger partial charge in [0.15, 0.2) is 9.84 Å². The molecule has 0 atom stereocenters. The van der Waals surface area contributed by atoms with E-state index in [-0.39, 0.29) is 11.2 Å². The predicted octanol–water partition coefficient (Wildman–Crippen LogP) is 4.79. The van der Waals surface area contributed by atoms with Gasteiger partial charge in [0.25, 0.3) is 0 Å². The Balaban J connectivity index is 1.32. The zero-order valence-electron chi connectivity index (χ0n) is 22.4. The highest BCUT2D eigenvalue weighted by Gasteiger charge is 2.37. The first-order valence-electron chi connectivity index (χ1n) is 13.3. The maximum Gasteiger partial charge on any atom is 0.153 e. The van der Waals surface area contributed by atoms with Crippen molar-refractivity contribution < 1.29 is 17.9 Å². The second-order valence-electron chi connectivity index (χ2n) is 10.7. The lowest BCUT2D eigenvalue weighted by Gasteiger charge is -2.33. The van der Waals surface area contributed by atoms with E-state index in [1.54, 1.807) is 7.11 Å². The van der Waals surface area contributed by atoms with Gasteiger partial charge in [-0.15, -0.1) is 0 Å². The van der Waals surface area contributed by atoms with Crippen LogP contribution >= 0.6 is 11.6 Å². The van der Waals surface area contributed by atoms with E-state index in [0.29, 0.717) is 28.9 Å². The maximum atomic E-state index is 12.4. The number of imidazole rings is 1. The number of ether oxygens (including phenoxy) is 2. The van der Waals surface area contributed by atoms with Crippen LogP contribution in [0.4, 0.5) is 5.69 Å². The van der Waals surface area contributed by atoms with Gasteiger partial charge in [0.05, 0.1) is 35.4 Å². The first kappa shape index (κ1) is 27.1. The van der Waals surface area contributed by atoms with Gasteiger partial charge in [-0.2, -0.15) is 0 Å². The highest BCUT2D eigenvalue weighted by Crippen LogP contribution is 2.39. The second-order valence-corrected chi connectivity index (χ2v) is 13.5. The number of piperidine rings is 1. The predicted molar refractivity (Wildman–Crippen MR) is 153 cm³/mol. The molecule has 10 heteroatoms. The molecule has 5 rings (SSSR count). The third-order valence-electron chi connectivity index (χ3n) is 7.46. The molecular weight excluding hydrogens is 524 g/mol. The van der Waals surface area contributed by atoms with Crippen molar-refractivity contribution in [2.75, 3.05) is 58.1 Å². The molecule has 1 aliphatic heterocycles. The number of methoxy groups -OCH3 is 1. The maximum absolute atomic E-state index is 12.4. The van der Waals surface area contributed by atoms with Crippen molar-refractivity contribution in [1.82, 2.24) is 14.3 Å². The van der Waals surface area contributed by atoms with Crippen LogP contribution in [0.5, 0.6) is 11.5 Å². The molecule has 0 bridgehead atoms. The number of hydrogen-bond acceptors (Lipinski definition) is 7. The third kappa shape index (κ3) is 6.21. The third-order valence-corrected chi connectivity index (χ3v) is 10.2. The molecule has 206 valence electrons. The van der Waals surface area contributed by atoms with Crippen molar-refractivity contribution in [3.05, 3.63) is 41.7 Å². The molecule has 2 aromatic heterocycles. The molecule has 38 heavy (non-hydrogen) atoms. The number of nitrogens with zero attached hydrogens (tertiary/aromatic N) is 4. The first-order chi connectivity index (χ1) is 18.2. The van der Waals surface area contributed by atoms with E-state index in [9.17, 15) is 8.42 Å². The summed E-state index contributed by atoms with van der Waals surface area (Å²) >= 11 is 6.49. The van der Waals surface area contributed by atoms with Gasteiger partial charge in [0, 0.05) is 55.4 Å². The number of benzene rings is 1. The van der Waals surface area contributed by atoms with Gasteiger partial charge in [0.2, 0.25) is 0 Å². The lowest BCUT2D eigenvalue weighted by atomic mass is 9.98. The van der Waals surface area contributed by atoms with E-state index in [1.807, 2.05) is 43.0 Å². The van der Waals surface area contributed by atoms with Gasteiger partial charge in [-0.3, -0.25) is 0 Å². The van der Waals surface area contributed by atoms with E-state index in [1.165, 1.54) is 0 Å². The highest BCUT2D eigenvalue weighted by molar-refractivity contribution is 7.92. The van der Waals surface area contributed by atoms with Gasteiger partial charge in [-0.25, -0.2) is 13.4 Å². The summed E-state index contributed by atoms with van der Waals surface area (Å²) in [5.74, 6) is 1.86. The SMILES string of the molecule is COc1cc(OCCCN(C)C)c(-c2cn3ccc(N4CCC(CS(=O)(=O)C5CC5)CC4)cc3n2)cc1Cl. The smallest absolute Gasteiger partial charge is 0.153 e. The Morgan fingerprint density at radius 1 is 1.11 bits per heavy atom. The molecular formula is C28H37ClN4O4S. The van der Waals surface area contributed by atoms with Crippen LogP contribution < -0.4 is 14.4 Å². The molecule has 0 spiro atoms. The van der Waals surface area contributed by atoms with Crippen LogP contribution in [-0.2, 0) is 9.84 Å². The van der Waals surface area contributed by atoms with Crippen molar-refractivity contribution in [2.45, 2.75) is 37.4 Å². The summed E-state index contributed by atoms with van der Waals surface area (Å²) in [6.07, 6.45) is 8.40. The average molecular weight is 561 g/mol. The number of halogens is 1. The lowest BCUT2D eigenvalue weighted by Crippen LogP contribution is -2.36. The molecule has 0 unspecified atom stereocenters. The van der Waals surface area contributed by atoms with E-state index in [4.69, 9.17) is 26.1 Å². The minimum atomic E-state index is -2.91. The van der Waals surface area contributed by atoms with Gasteiger partial charge in [-0.1, -0.05) is 11.6 Å². The lowest BCUT2D eigenvalue weighted by molar-refractivity contribution is 0.281. The minimum absolute atomic E-state index is 0.0675. The fourth-order valence-corrected chi connectivity index (χ4v) is 7.48. The average Bonchev–Trinajstić information content (AvgIpc) is 3.67. The summed E-state index contributed by atoms with van der Waals surface area (Å²) < 4.78 is 38.4. The van der Waals surface area contributed by atoms with Crippen LogP contribution in [0.3, 0.4) is 0 Å². The van der Waals surface area contributed by atoms with Gasteiger partial charge in [0.1, 0.15) is 17.1 Å². The van der Waals surface area contributed by atoms with Gasteiger partial charge >= 0.3 is 0 Å². The molecule has 2 aliphatic rings. The Bertz CT molecular complexity index is 1380. The van der Waals surface area contributed by atoms with Crippen molar-refractivity contribution >= 4 is 32.8 Å². The number of rotatable bonds is 11. The Morgan fingerprint density at radius 3 is 2.55 bits per heavy atom. The fraction of sp³-hybridized carbons (Fsp3) is 0.536. The minimum Gasteiger partial charge on any atom is -0.495 e. The number of sulfone groups is 1. The van der Waals surface area contributed by atoms with Crippen LogP contribution in [0.25, 0.3) is 16.9 Å². The van der Waals surface area contributed by atoms with E-state index < -0.39 is 9.84 Å². The number of pyridine rings is 1. The first-order valence-corrected chi connectivity index (χ1v) is 15.4. The highest BCUT2D eigenvalue weighted by atomic mass is 35.5. The summed E-state index contributed by atoms with van der Waals surface area (Å²) in [5, 5.41) is 0.439. The molecule has 1 saturated carbocycles.